The molecule has 3 aromatic carbocycles. The zero-order valence-corrected chi connectivity index (χ0v) is 12.4. The number of fused-ring (bicyclic) bond motifs is 1. The van der Waals surface area contributed by atoms with Crippen molar-refractivity contribution < 1.29 is 30.0 Å². The lowest BCUT2D eigenvalue weighted by atomic mass is 10.1. The Kier molecular flexibility index (Phi) is 5.01. The minimum Gasteiger partial charge on any atom is -0.508 e. The number of benzene rings is 3. The smallest absolute Gasteiger partial charge is 0.339 e. The van der Waals surface area contributed by atoms with Gasteiger partial charge in [0.25, 0.3) is 0 Å². The van der Waals surface area contributed by atoms with Crippen molar-refractivity contribution in [2.75, 3.05) is 0 Å². The van der Waals surface area contributed by atoms with Crippen LogP contribution in [0.2, 0.25) is 0 Å². The van der Waals surface area contributed by atoms with E-state index in [1.165, 1.54) is 30.3 Å². The fourth-order valence-electron chi connectivity index (χ4n) is 2.03. The third kappa shape index (κ3) is 3.80. The van der Waals surface area contributed by atoms with Crippen LogP contribution in [0.5, 0.6) is 11.5 Å². The summed E-state index contributed by atoms with van der Waals surface area (Å²) < 4.78 is 0. The Morgan fingerprint density at radius 1 is 0.708 bits per heavy atom. The second kappa shape index (κ2) is 7.15. The maximum absolute atomic E-state index is 10.7. The van der Waals surface area contributed by atoms with Gasteiger partial charge in [-0.1, -0.05) is 30.3 Å². The number of carboxylic acid groups (broad SMARTS) is 2. The van der Waals surface area contributed by atoms with Crippen LogP contribution in [0, 0.1) is 0 Å². The van der Waals surface area contributed by atoms with Crippen LogP contribution in [0.1, 0.15) is 20.7 Å². The number of phenols is 2. The Labute approximate surface area is 136 Å². The second-order valence-electron chi connectivity index (χ2n) is 4.84. The van der Waals surface area contributed by atoms with E-state index in [1.807, 2.05) is 12.1 Å². The molecule has 0 aromatic heterocycles. The Morgan fingerprint density at radius 2 is 1.33 bits per heavy atom. The van der Waals surface area contributed by atoms with Crippen LogP contribution in [0.15, 0.2) is 60.7 Å². The number of carbonyl (C=O) groups is 2. The highest BCUT2D eigenvalue weighted by molar-refractivity contribution is 6.00. The van der Waals surface area contributed by atoms with Crippen molar-refractivity contribution >= 4 is 22.7 Å². The number of rotatable bonds is 2. The molecule has 6 nitrogen and oxygen atoms in total. The molecule has 0 aliphatic rings. The van der Waals surface area contributed by atoms with E-state index < -0.39 is 11.9 Å². The van der Waals surface area contributed by atoms with Gasteiger partial charge in [0.15, 0.2) is 0 Å². The average Bonchev–Trinajstić information content (AvgIpc) is 2.56. The molecule has 0 amide bonds. The predicted molar refractivity (Wildman–Crippen MR) is 87.6 cm³/mol. The summed E-state index contributed by atoms with van der Waals surface area (Å²) in [6.45, 7) is 0. The van der Waals surface area contributed by atoms with Crippen LogP contribution < -0.4 is 0 Å². The Morgan fingerprint density at radius 3 is 1.92 bits per heavy atom. The largest absolute Gasteiger partial charge is 0.508 e. The summed E-state index contributed by atoms with van der Waals surface area (Å²) in [6, 6.07) is 15.6. The third-order valence-corrected chi connectivity index (χ3v) is 3.25. The molecule has 0 atom stereocenters. The normalized spacial score (nSPS) is 9.83. The zero-order valence-electron chi connectivity index (χ0n) is 12.4. The fraction of sp³-hybridized carbons (Fsp3) is 0. The highest BCUT2D eigenvalue weighted by Crippen LogP contribution is 2.28. The van der Waals surface area contributed by atoms with Gasteiger partial charge in [-0.05, 0) is 35.7 Å². The maximum atomic E-state index is 10.7. The standard InChI is InChI=1S/C11H8O3.C7H6O3/c12-10-8-4-2-1-3-7(8)5-6-9(10)11(13)14;8-6-3-1-5(2-4-6)7(9)10/h1-6,12H,(H,13,14);1-4,8H,(H,9,10). The van der Waals surface area contributed by atoms with Crippen LogP contribution >= 0.6 is 0 Å². The van der Waals surface area contributed by atoms with Gasteiger partial charge in [0.1, 0.15) is 17.1 Å². The van der Waals surface area contributed by atoms with Crippen LogP contribution in [0.3, 0.4) is 0 Å². The molecular weight excluding hydrogens is 312 g/mol. The summed E-state index contributed by atoms with van der Waals surface area (Å²) in [5, 5.41) is 36.9. The lowest BCUT2D eigenvalue weighted by Crippen LogP contribution is -1.96. The monoisotopic (exact) mass is 326 g/mol. The van der Waals surface area contributed by atoms with Gasteiger partial charge in [0.05, 0.1) is 5.56 Å². The summed E-state index contributed by atoms with van der Waals surface area (Å²) in [7, 11) is 0. The lowest BCUT2D eigenvalue weighted by Gasteiger charge is -2.03. The first-order valence-corrected chi connectivity index (χ1v) is 6.86. The molecule has 3 rings (SSSR count). The molecule has 122 valence electrons. The molecule has 0 unspecified atom stereocenters. The molecule has 0 heterocycles. The van der Waals surface area contributed by atoms with Crippen molar-refractivity contribution in [2.45, 2.75) is 0 Å². The van der Waals surface area contributed by atoms with Crippen LogP contribution in [-0.4, -0.2) is 32.4 Å². The summed E-state index contributed by atoms with van der Waals surface area (Å²) in [5.41, 5.74) is 0.113. The summed E-state index contributed by atoms with van der Waals surface area (Å²) in [6.07, 6.45) is 0. The van der Waals surface area contributed by atoms with E-state index in [0.717, 1.165) is 5.39 Å². The van der Waals surface area contributed by atoms with E-state index in [-0.39, 0.29) is 22.6 Å². The minimum atomic E-state index is -1.12. The van der Waals surface area contributed by atoms with Crippen LogP contribution in [0.25, 0.3) is 10.8 Å². The molecule has 0 saturated carbocycles. The van der Waals surface area contributed by atoms with E-state index in [9.17, 15) is 14.7 Å². The number of phenolic OH excluding ortho intramolecular Hbond substituents is 1. The number of hydrogen-bond acceptors (Lipinski definition) is 4. The van der Waals surface area contributed by atoms with Crippen LogP contribution in [0.4, 0.5) is 0 Å². The zero-order chi connectivity index (χ0) is 17.7. The van der Waals surface area contributed by atoms with Gasteiger partial charge in [0.2, 0.25) is 0 Å². The number of aromatic hydroxyl groups is 2. The molecule has 0 radical (unpaired) electrons. The lowest BCUT2D eigenvalue weighted by molar-refractivity contribution is 0.0684. The number of hydrogen-bond donors (Lipinski definition) is 4. The number of aromatic carboxylic acids is 2. The first-order chi connectivity index (χ1) is 11.4. The van der Waals surface area contributed by atoms with Gasteiger partial charge in [-0.3, -0.25) is 0 Å². The molecule has 6 heteroatoms. The molecule has 0 saturated heterocycles. The molecule has 0 spiro atoms. The summed E-state index contributed by atoms with van der Waals surface area (Å²) >= 11 is 0. The second-order valence-corrected chi connectivity index (χ2v) is 4.84. The molecule has 3 aromatic rings. The Hall–Kier alpha value is -3.54. The predicted octanol–water partition coefficient (Wildman–Crippen LogP) is 3.33. The Bertz CT molecular complexity index is 884. The SMILES string of the molecule is O=C(O)c1ccc(O)cc1.O=C(O)c1ccc2ccccc2c1O. The van der Waals surface area contributed by atoms with Gasteiger partial charge >= 0.3 is 11.9 Å². The van der Waals surface area contributed by atoms with Gasteiger partial charge in [-0.2, -0.15) is 0 Å². The molecule has 0 bridgehead atoms. The first-order valence-electron chi connectivity index (χ1n) is 6.86. The van der Waals surface area contributed by atoms with Gasteiger partial charge in [0, 0.05) is 5.39 Å². The quantitative estimate of drug-likeness (QED) is 0.574. The molecule has 0 aliphatic carbocycles. The van der Waals surface area contributed by atoms with Crippen molar-refractivity contribution in [1.82, 2.24) is 0 Å². The van der Waals surface area contributed by atoms with Crippen molar-refractivity contribution in [3.05, 3.63) is 71.8 Å². The van der Waals surface area contributed by atoms with Crippen LogP contribution in [-0.2, 0) is 0 Å². The average molecular weight is 326 g/mol. The van der Waals surface area contributed by atoms with E-state index in [4.69, 9.17) is 15.3 Å². The van der Waals surface area contributed by atoms with Crippen molar-refractivity contribution in [3.63, 3.8) is 0 Å². The van der Waals surface area contributed by atoms with E-state index in [2.05, 4.69) is 0 Å². The minimum absolute atomic E-state index is 0.0660. The molecule has 0 aliphatic heterocycles. The van der Waals surface area contributed by atoms with Gasteiger partial charge in [-0.15, -0.1) is 0 Å². The van der Waals surface area contributed by atoms with E-state index in [0.29, 0.717) is 5.39 Å². The molecule has 4 N–H and O–H groups in total. The highest BCUT2D eigenvalue weighted by atomic mass is 16.4. The first kappa shape index (κ1) is 16.8. The van der Waals surface area contributed by atoms with Gasteiger partial charge in [-0.25, -0.2) is 9.59 Å². The summed E-state index contributed by atoms with van der Waals surface area (Å²) in [4.78, 5) is 20.9. The fourth-order valence-corrected chi connectivity index (χ4v) is 2.03. The van der Waals surface area contributed by atoms with Crippen molar-refractivity contribution in [2.24, 2.45) is 0 Å². The van der Waals surface area contributed by atoms with E-state index >= 15 is 0 Å². The molecular formula is C18H14O6. The molecule has 24 heavy (non-hydrogen) atoms. The number of carboxylic acids is 2. The highest BCUT2D eigenvalue weighted by Gasteiger charge is 2.11. The summed E-state index contributed by atoms with van der Waals surface area (Å²) in [5.74, 6) is -2.20. The third-order valence-electron chi connectivity index (χ3n) is 3.25. The topological polar surface area (TPSA) is 115 Å². The Balaban J connectivity index is 0.000000185. The molecule has 0 fully saturated rings. The van der Waals surface area contributed by atoms with Crippen molar-refractivity contribution in [1.29, 1.82) is 0 Å². The van der Waals surface area contributed by atoms with E-state index in [1.54, 1.807) is 18.2 Å². The van der Waals surface area contributed by atoms with Gasteiger partial charge < -0.3 is 20.4 Å². The maximum Gasteiger partial charge on any atom is 0.339 e. The van der Waals surface area contributed by atoms with Crippen molar-refractivity contribution in [3.8, 4) is 11.5 Å².